The van der Waals surface area contributed by atoms with Gasteiger partial charge in [0.05, 0.1) is 4.34 Å². The largest absolute Gasteiger partial charge is 0.324 e. The molecule has 0 saturated carbocycles. The summed E-state index contributed by atoms with van der Waals surface area (Å²) in [4.78, 5) is 1.35. The average molecular weight is 242 g/mol. The topological polar surface area (TPSA) is 26.0 Å². The molecule has 0 bridgehead atoms. The van der Waals surface area contributed by atoms with Gasteiger partial charge in [0, 0.05) is 17.3 Å². The molecule has 82 valence electrons. The van der Waals surface area contributed by atoms with Crippen LogP contribution in [0.3, 0.4) is 0 Å². The Hall–Kier alpha value is -0.310. The van der Waals surface area contributed by atoms with Crippen molar-refractivity contribution in [2.24, 2.45) is 5.73 Å². The van der Waals surface area contributed by atoms with Gasteiger partial charge in [-0.05, 0) is 31.4 Å². The summed E-state index contributed by atoms with van der Waals surface area (Å²) in [6.45, 7) is 0. The lowest BCUT2D eigenvalue weighted by Gasteiger charge is -2.04. The van der Waals surface area contributed by atoms with Gasteiger partial charge in [0.2, 0.25) is 0 Å². The second-order valence-corrected chi connectivity index (χ2v) is 5.92. The molecule has 1 unspecified atom stereocenters. The minimum atomic E-state index is 0.262. The highest BCUT2D eigenvalue weighted by Gasteiger charge is 2.09. The average Bonchev–Trinajstić information content (AvgIpc) is 2.46. The number of halogens is 1. The smallest absolute Gasteiger partial charge is 0.0931 e. The third-order valence-electron chi connectivity index (χ3n) is 2.77. The van der Waals surface area contributed by atoms with Crippen LogP contribution in [0.5, 0.6) is 0 Å². The van der Waals surface area contributed by atoms with E-state index in [2.05, 4.69) is 12.1 Å². The minimum absolute atomic E-state index is 0.262. The summed E-state index contributed by atoms with van der Waals surface area (Å²) in [6, 6.07) is 4.35. The highest BCUT2D eigenvalue weighted by Crippen LogP contribution is 2.26. The van der Waals surface area contributed by atoms with Crippen LogP contribution in [0, 0.1) is 0 Å². The van der Waals surface area contributed by atoms with Gasteiger partial charge in [0.1, 0.15) is 0 Å². The zero-order chi connectivity index (χ0) is 10.7. The lowest BCUT2D eigenvalue weighted by molar-refractivity contribution is 0.654. The van der Waals surface area contributed by atoms with Gasteiger partial charge in [0.15, 0.2) is 0 Å². The first kappa shape index (κ1) is 11.2. The molecular formula is C12H16ClNS. The van der Waals surface area contributed by atoms with Crippen LogP contribution in [-0.2, 0) is 6.42 Å². The van der Waals surface area contributed by atoms with Gasteiger partial charge in [-0.3, -0.25) is 0 Å². The predicted octanol–water partition coefficient (Wildman–Crippen LogP) is 3.77. The van der Waals surface area contributed by atoms with E-state index in [4.69, 9.17) is 17.3 Å². The van der Waals surface area contributed by atoms with Crippen LogP contribution in [0.2, 0.25) is 4.34 Å². The Morgan fingerprint density at radius 1 is 1.40 bits per heavy atom. The molecule has 3 heteroatoms. The first-order chi connectivity index (χ1) is 7.24. The van der Waals surface area contributed by atoms with E-state index in [1.54, 1.807) is 11.3 Å². The van der Waals surface area contributed by atoms with E-state index in [1.165, 1.54) is 29.7 Å². The molecule has 0 amide bonds. The van der Waals surface area contributed by atoms with Crippen molar-refractivity contribution in [3.05, 3.63) is 33.0 Å². The Morgan fingerprint density at radius 2 is 2.27 bits per heavy atom. The van der Waals surface area contributed by atoms with Crippen molar-refractivity contribution >= 4 is 22.9 Å². The van der Waals surface area contributed by atoms with Crippen LogP contribution in [0.4, 0.5) is 0 Å². The van der Waals surface area contributed by atoms with Gasteiger partial charge >= 0.3 is 0 Å². The van der Waals surface area contributed by atoms with Gasteiger partial charge < -0.3 is 5.73 Å². The molecule has 1 nitrogen and oxygen atoms in total. The zero-order valence-corrected chi connectivity index (χ0v) is 10.3. The van der Waals surface area contributed by atoms with E-state index in [-0.39, 0.29) is 6.04 Å². The molecule has 1 atom stereocenters. The fraction of sp³-hybridized carbons (Fsp3) is 0.500. The summed E-state index contributed by atoms with van der Waals surface area (Å²) in [5.41, 5.74) is 7.47. The quantitative estimate of drug-likeness (QED) is 0.784. The molecule has 0 aromatic carbocycles. The molecule has 0 fully saturated rings. The van der Waals surface area contributed by atoms with Gasteiger partial charge in [0.25, 0.3) is 0 Å². The van der Waals surface area contributed by atoms with Gasteiger partial charge in [-0.25, -0.2) is 0 Å². The van der Waals surface area contributed by atoms with Gasteiger partial charge in [-0.2, -0.15) is 0 Å². The molecular weight excluding hydrogens is 226 g/mol. The molecule has 0 radical (unpaired) electrons. The number of nitrogens with two attached hydrogens (primary N) is 1. The predicted molar refractivity (Wildman–Crippen MR) is 67.6 cm³/mol. The molecule has 2 rings (SSSR count). The minimum Gasteiger partial charge on any atom is -0.324 e. The highest BCUT2D eigenvalue weighted by molar-refractivity contribution is 7.16. The van der Waals surface area contributed by atoms with Crippen LogP contribution in [0.25, 0.3) is 0 Å². The van der Waals surface area contributed by atoms with Crippen molar-refractivity contribution < 1.29 is 0 Å². The summed E-state index contributed by atoms with van der Waals surface area (Å²) in [5.74, 6) is 0. The van der Waals surface area contributed by atoms with E-state index >= 15 is 0 Å². The summed E-state index contributed by atoms with van der Waals surface area (Å²) in [6.07, 6.45) is 8.15. The van der Waals surface area contributed by atoms with Crippen molar-refractivity contribution in [3.8, 4) is 0 Å². The molecule has 15 heavy (non-hydrogen) atoms. The highest BCUT2D eigenvalue weighted by atomic mass is 35.5. The molecule has 2 N–H and O–H groups in total. The standard InChI is InChI=1S/C12H16ClNS/c13-12-6-5-11(15-12)8-9-3-1-2-4-10(14)7-9/h5-7,10H,1-4,8,14H2. The number of thiophene rings is 1. The number of hydrogen-bond donors (Lipinski definition) is 1. The Labute approximate surface area is 99.9 Å². The summed E-state index contributed by atoms with van der Waals surface area (Å²) < 4.78 is 0.878. The summed E-state index contributed by atoms with van der Waals surface area (Å²) >= 11 is 7.59. The zero-order valence-electron chi connectivity index (χ0n) is 8.71. The Kier molecular flexibility index (Phi) is 3.84. The maximum Gasteiger partial charge on any atom is 0.0931 e. The van der Waals surface area contributed by atoms with Crippen molar-refractivity contribution in [3.63, 3.8) is 0 Å². The van der Waals surface area contributed by atoms with E-state index in [1.807, 2.05) is 6.07 Å². The Balaban J connectivity index is 2.04. The van der Waals surface area contributed by atoms with Crippen LogP contribution >= 0.6 is 22.9 Å². The number of allylic oxidation sites excluding steroid dienone is 1. The first-order valence-corrected chi connectivity index (χ1v) is 6.63. The molecule has 0 saturated heterocycles. The molecule has 1 heterocycles. The van der Waals surface area contributed by atoms with Crippen molar-refractivity contribution in [2.45, 2.75) is 38.1 Å². The Bertz CT molecular complexity index is 356. The SMILES string of the molecule is NC1C=C(Cc2ccc(Cl)s2)CCCC1. The lowest BCUT2D eigenvalue weighted by Crippen LogP contribution is -2.15. The molecule has 0 spiro atoms. The third-order valence-corrected chi connectivity index (χ3v) is 4.00. The second-order valence-electron chi connectivity index (χ2n) is 4.12. The monoisotopic (exact) mass is 241 g/mol. The first-order valence-electron chi connectivity index (χ1n) is 5.43. The maximum atomic E-state index is 5.98. The van der Waals surface area contributed by atoms with E-state index in [0.717, 1.165) is 17.2 Å². The number of hydrogen-bond acceptors (Lipinski definition) is 2. The fourth-order valence-electron chi connectivity index (χ4n) is 2.02. The molecule has 1 aliphatic rings. The Morgan fingerprint density at radius 3 is 3.00 bits per heavy atom. The fourth-order valence-corrected chi connectivity index (χ4v) is 3.16. The van der Waals surface area contributed by atoms with Crippen molar-refractivity contribution in [2.75, 3.05) is 0 Å². The maximum absolute atomic E-state index is 5.98. The normalized spacial score (nSPS) is 22.3. The molecule has 1 aliphatic carbocycles. The van der Waals surface area contributed by atoms with E-state index in [9.17, 15) is 0 Å². The summed E-state index contributed by atoms with van der Waals surface area (Å²) in [7, 11) is 0. The molecule has 1 aromatic rings. The van der Waals surface area contributed by atoms with Crippen LogP contribution in [0.1, 0.15) is 30.6 Å². The van der Waals surface area contributed by atoms with Gasteiger partial charge in [-0.1, -0.05) is 29.7 Å². The van der Waals surface area contributed by atoms with Crippen LogP contribution < -0.4 is 5.73 Å². The summed E-state index contributed by atoms with van der Waals surface area (Å²) in [5, 5.41) is 0. The van der Waals surface area contributed by atoms with E-state index in [0.29, 0.717) is 0 Å². The third kappa shape index (κ3) is 3.33. The van der Waals surface area contributed by atoms with Crippen molar-refractivity contribution in [1.29, 1.82) is 0 Å². The van der Waals surface area contributed by atoms with Gasteiger partial charge in [-0.15, -0.1) is 11.3 Å². The lowest BCUT2D eigenvalue weighted by atomic mass is 10.1. The molecule has 0 aliphatic heterocycles. The molecule has 1 aromatic heterocycles. The van der Waals surface area contributed by atoms with E-state index < -0.39 is 0 Å². The van der Waals surface area contributed by atoms with Crippen LogP contribution in [-0.4, -0.2) is 6.04 Å². The van der Waals surface area contributed by atoms with Crippen molar-refractivity contribution in [1.82, 2.24) is 0 Å². The second kappa shape index (κ2) is 5.15. The number of rotatable bonds is 2. The van der Waals surface area contributed by atoms with Crippen LogP contribution in [0.15, 0.2) is 23.8 Å².